The average molecular weight is 383 g/mol. The number of para-hydroxylation sites is 1. The zero-order valence-corrected chi connectivity index (χ0v) is 16.5. The Balaban J connectivity index is 1.27. The number of carbonyl (C=O) groups is 1. The highest BCUT2D eigenvalue weighted by Crippen LogP contribution is 2.35. The Morgan fingerprint density at radius 1 is 1.11 bits per heavy atom. The molecule has 3 aliphatic heterocycles. The molecule has 1 aromatic heterocycles. The Morgan fingerprint density at radius 3 is 2.50 bits per heavy atom. The van der Waals surface area contributed by atoms with Crippen LogP contribution in [0.4, 0.5) is 6.01 Å². The quantitative estimate of drug-likeness (QED) is 0.874. The summed E-state index contributed by atoms with van der Waals surface area (Å²) in [5.74, 6) is -0.469. The molecule has 3 fully saturated rings. The van der Waals surface area contributed by atoms with Gasteiger partial charge in [0.25, 0.3) is 11.9 Å². The van der Waals surface area contributed by atoms with E-state index in [1.165, 1.54) is 32.1 Å². The van der Waals surface area contributed by atoms with Crippen molar-refractivity contribution >= 4 is 23.0 Å². The van der Waals surface area contributed by atoms with Gasteiger partial charge in [-0.05, 0) is 44.9 Å². The van der Waals surface area contributed by atoms with Gasteiger partial charge in [0, 0.05) is 44.3 Å². The molecule has 2 atom stereocenters. The van der Waals surface area contributed by atoms with Gasteiger partial charge in [0.15, 0.2) is 5.58 Å². The maximum Gasteiger partial charge on any atom is 0.298 e. The van der Waals surface area contributed by atoms with Gasteiger partial charge in [-0.15, -0.1) is 0 Å². The summed E-state index contributed by atoms with van der Waals surface area (Å²) in [5, 5.41) is 0. The molecule has 7 heteroatoms. The summed E-state index contributed by atoms with van der Waals surface area (Å²) >= 11 is 0. The highest BCUT2D eigenvalue weighted by atomic mass is 16.4. The fourth-order valence-electron chi connectivity index (χ4n) is 5.43. The van der Waals surface area contributed by atoms with Crippen LogP contribution < -0.4 is 10.6 Å². The number of aromatic nitrogens is 1. The van der Waals surface area contributed by atoms with Crippen LogP contribution in [0.15, 0.2) is 22.6 Å². The second-order valence-electron chi connectivity index (χ2n) is 8.57. The summed E-state index contributed by atoms with van der Waals surface area (Å²) in [6.45, 7) is 3.88. The molecule has 2 N–H and O–H groups in total. The first-order chi connectivity index (χ1) is 13.6. The first-order valence-corrected chi connectivity index (χ1v) is 10.5. The predicted octanol–water partition coefficient (Wildman–Crippen LogP) is 2.06. The van der Waals surface area contributed by atoms with Crippen molar-refractivity contribution in [2.24, 2.45) is 5.73 Å². The van der Waals surface area contributed by atoms with Gasteiger partial charge < -0.3 is 20.0 Å². The number of piperazine rings is 1. The highest BCUT2D eigenvalue weighted by molar-refractivity contribution is 6.03. The van der Waals surface area contributed by atoms with E-state index < -0.39 is 5.91 Å². The summed E-state index contributed by atoms with van der Waals surface area (Å²) in [7, 11) is 2.32. The number of rotatable bonds is 3. The fourth-order valence-corrected chi connectivity index (χ4v) is 5.43. The molecule has 150 valence electrons. The highest BCUT2D eigenvalue weighted by Gasteiger charge is 2.39. The van der Waals surface area contributed by atoms with Crippen LogP contribution in [0.5, 0.6) is 0 Å². The van der Waals surface area contributed by atoms with Gasteiger partial charge in [0.05, 0.1) is 5.56 Å². The molecular weight excluding hydrogens is 354 g/mol. The first kappa shape index (κ1) is 17.9. The van der Waals surface area contributed by atoms with E-state index in [1.807, 2.05) is 6.07 Å². The van der Waals surface area contributed by atoms with Crippen LogP contribution in [0.1, 0.15) is 42.5 Å². The van der Waals surface area contributed by atoms with E-state index in [-0.39, 0.29) is 0 Å². The molecule has 1 amide bonds. The predicted molar refractivity (Wildman–Crippen MR) is 109 cm³/mol. The summed E-state index contributed by atoms with van der Waals surface area (Å²) < 4.78 is 5.94. The minimum Gasteiger partial charge on any atom is -0.423 e. The van der Waals surface area contributed by atoms with Crippen molar-refractivity contribution in [3.8, 4) is 0 Å². The second-order valence-corrected chi connectivity index (χ2v) is 8.57. The summed E-state index contributed by atoms with van der Waals surface area (Å²) in [6.07, 6.45) is 6.71. The molecule has 3 aliphatic rings. The van der Waals surface area contributed by atoms with E-state index in [0.717, 1.165) is 38.3 Å². The van der Waals surface area contributed by atoms with Gasteiger partial charge in [-0.25, -0.2) is 0 Å². The Hall–Kier alpha value is -2.12. The average Bonchev–Trinajstić information content (AvgIpc) is 3.12. The lowest BCUT2D eigenvalue weighted by molar-refractivity contribution is 0.00717. The number of piperidine rings is 2. The number of primary amides is 1. The molecular formula is C21H29N5O2. The summed E-state index contributed by atoms with van der Waals surface area (Å²) in [6, 6.07) is 8.16. The monoisotopic (exact) mass is 383 g/mol. The fraction of sp³-hybridized carbons (Fsp3) is 0.619. The molecule has 1 aromatic carbocycles. The number of amides is 1. The maximum absolute atomic E-state index is 11.6. The minimum atomic E-state index is -0.469. The Morgan fingerprint density at radius 2 is 1.82 bits per heavy atom. The van der Waals surface area contributed by atoms with E-state index >= 15 is 0 Å². The van der Waals surface area contributed by atoms with Crippen molar-refractivity contribution in [3.05, 3.63) is 23.8 Å². The van der Waals surface area contributed by atoms with Gasteiger partial charge >= 0.3 is 0 Å². The molecule has 5 rings (SSSR count). The molecule has 0 aliphatic carbocycles. The van der Waals surface area contributed by atoms with Gasteiger partial charge in [-0.1, -0.05) is 12.5 Å². The molecule has 3 saturated heterocycles. The van der Waals surface area contributed by atoms with E-state index in [2.05, 4.69) is 26.7 Å². The van der Waals surface area contributed by atoms with Crippen LogP contribution >= 0.6 is 0 Å². The van der Waals surface area contributed by atoms with Gasteiger partial charge in [-0.3, -0.25) is 9.69 Å². The van der Waals surface area contributed by atoms with Crippen molar-refractivity contribution in [2.45, 2.75) is 50.2 Å². The Kier molecular flexibility index (Phi) is 4.51. The number of fused-ring (bicyclic) bond motifs is 3. The smallest absolute Gasteiger partial charge is 0.298 e. The largest absolute Gasteiger partial charge is 0.423 e. The molecule has 0 saturated carbocycles. The number of hydrogen-bond donors (Lipinski definition) is 1. The molecule has 28 heavy (non-hydrogen) atoms. The number of carbonyl (C=O) groups excluding carboxylic acids is 1. The second kappa shape index (κ2) is 7.04. The topological polar surface area (TPSA) is 78.8 Å². The van der Waals surface area contributed by atoms with E-state index in [4.69, 9.17) is 10.2 Å². The third kappa shape index (κ3) is 3.06. The first-order valence-electron chi connectivity index (χ1n) is 10.5. The van der Waals surface area contributed by atoms with Crippen LogP contribution in [-0.2, 0) is 0 Å². The van der Waals surface area contributed by atoms with Crippen LogP contribution in [0.2, 0.25) is 0 Å². The van der Waals surface area contributed by atoms with E-state index in [1.54, 1.807) is 12.1 Å². The molecule has 0 radical (unpaired) electrons. The number of nitrogens with zero attached hydrogens (tertiary/aromatic N) is 4. The standard InChI is InChI=1S/C21H29N5O2/c1-24-14-4-2-5-15(24)13-16(12-14)25-8-10-26(11-9-25)21-23-19-17(20(22)27)6-3-7-18(19)28-21/h3,6-7,14-16H,2,4-5,8-13H2,1H3,(H2,22,27). The Bertz CT molecular complexity index is 859. The van der Waals surface area contributed by atoms with Crippen molar-refractivity contribution < 1.29 is 9.21 Å². The van der Waals surface area contributed by atoms with Gasteiger partial charge in [-0.2, -0.15) is 4.98 Å². The van der Waals surface area contributed by atoms with Crippen LogP contribution in [-0.4, -0.2) is 72.0 Å². The van der Waals surface area contributed by atoms with Crippen molar-refractivity contribution in [1.29, 1.82) is 0 Å². The SMILES string of the molecule is CN1C2CCCC1CC(N1CCN(c3nc4c(C(N)=O)cccc4o3)CC1)C2. The maximum atomic E-state index is 11.6. The molecule has 2 unspecified atom stereocenters. The lowest BCUT2D eigenvalue weighted by atomic mass is 9.81. The van der Waals surface area contributed by atoms with Crippen molar-refractivity contribution in [3.63, 3.8) is 0 Å². The third-order valence-electron chi connectivity index (χ3n) is 7.09. The molecule has 4 heterocycles. The van der Waals surface area contributed by atoms with Crippen LogP contribution in [0.3, 0.4) is 0 Å². The number of nitrogens with two attached hydrogens (primary N) is 1. The Labute approximate surface area is 165 Å². The van der Waals surface area contributed by atoms with Crippen molar-refractivity contribution in [2.75, 3.05) is 38.1 Å². The minimum absolute atomic E-state index is 0.420. The lowest BCUT2D eigenvalue weighted by Gasteiger charge is -2.51. The van der Waals surface area contributed by atoms with E-state index in [9.17, 15) is 4.79 Å². The lowest BCUT2D eigenvalue weighted by Crippen LogP contribution is -2.58. The number of hydrogen-bond acceptors (Lipinski definition) is 6. The number of anilines is 1. The summed E-state index contributed by atoms with van der Waals surface area (Å²) in [4.78, 5) is 23.7. The molecule has 2 bridgehead atoms. The van der Waals surface area contributed by atoms with Crippen molar-refractivity contribution in [1.82, 2.24) is 14.8 Å². The van der Waals surface area contributed by atoms with E-state index in [0.29, 0.717) is 28.7 Å². The normalized spacial score (nSPS) is 29.3. The van der Waals surface area contributed by atoms with Gasteiger partial charge in [0.2, 0.25) is 0 Å². The molecule has 2 aromatic rings. The molecule has 0 spiro atoms. The summed E-state index contributed by atoms with van der Waals surface area (Å²) in [5.41, 5.74) is 7.08. The van der Waals surface area contributed by atoms with Gasteiger partial charge in [0.1, 0.15) is 5.52 Å². The van der Waals surface area contributed by atoms with Crippen LogP contribution in [0, 0.1) is 0 Å². The number of benzene rings is 1. The zero-order valence-electron chi connectivity index (χ0n) is 16.5. The van der Waals surface area contributed by atoms with Crippen LogP contribution in [0.25, 0.3) is 11.1 Å². The third-order valence-corrected chi connectivity index (χ3v) is 7.09. The number of oxazole rings is 1. The molecule has 7 nitrogen and oxygen atoms in total. The zero-order chi connectivity index (χ0) is 19.3.